The Morgan fingerprint density at radius 2 is 1.82 bits per heavy atom. The van der Waals surface area contributed by atoms with Crippen LogP contribution < -0.4 is 16.8 Å². The topological polar surface area (TPSA) is 98.2 Å². The average Bonchev–Trinajstić information content (AvgIpc) is 2.28. The molecule has 1 atom stereocenters. The molecule has 1 fully saturated rings. The van der Waals surface area contributed by atoms with Crippen LogP contribution in [0.5, 0.6) is 0 Å². The molecule has 0 aromatic rings. The molecule has 0 aromatic carbocycles. The maximum Gasteiger partial charge on any atom is 0.243 e. The third-order valence-electron chi connectivity index (χ3n) is 3.34. The predicted molar refractivity (Wildman–Crippen MR) is 68.6 cm³/mol. The summed E-state index contributed by atoms with van der Waals surface area (Å²) in [6.45, 7) is 2.02. The van der Waals surface area contributed by atoms with E-state index >= 15 is 0 Å². The van der Waals surface area contributed by atoms with E-state index in [4.69, 9.17) is 11.5 Å². The van der Waals surface area contributed by atoms with Crippen LogP contribution >= 0.6 is 12.4 Å². The van der Waals surface area contributed by atoms with Crippen molar-refractivity contribution in [3.63, 3.8) is 0 Å². The van der Waals surface area contributed by atoms with Crippen LogP contribution in [0.2, 0.25) is 0 Å². The lowest BCUT2D eigenvalue weighted by Crippen LogP contribution is -2.59. The van der Waals surface area contributed by atoms with Crippen molar-refractivity contribution in [2.75, 3.05) is 6.54 Å². The second-order valence-electron chi connectivity index (χ2n) is 4.63. The van der Waals surface area contributed by atoms with Gasteiger partial charge in [-0.1, -0.05) is 26.2 Å². The van der Waals surface area contributed by atoms with E-state index in [1.807, 2.05) is 0 Å². The highest BCUT2D eigenvalue weighted by Crippen LogP contribution is 2.28. The molecule has 1 unspecified atom stereocenters. The number of primary amides is 1. The largest absolute Gasteiger partial charge is 0.368 e. The molecule has 17 heavy (non-hydrogen) atoms. The molecular formula is C11H22ClN3O2. The van der Waals surface area contributed by atoms with Crippen LogP contribution in [0.15, 0.2) is 0 Å². The van der Waals surface area contributed by atoms with E-state index in [2.05, 4.69) is 5.32 Å². The number of carbonyl (C=O) groups excluding carboxylic acids is 2. The van der Waals surface area contributed by atoms with Crippen LogP contribution in [0, 0.1) is 5.92 Å². The molecule has 1 aliphatic rings. The summed E-state index contributed by atoms with van der Waals surface area (Å²) in [5.74, 6) is -0.883. The van der Waals surface area contributed by atoms with Gasteiger partial charge in [-0.2, -0.15) is 0 Å². The molecular weight excluding hydrogens is 242 g/mol. The van der Waals surface area contributed by atoms with Crippen LogP contribution in [0.4, 0.5) is 0 Å². The zero-order chi connectivity index (χ0) is 12.2. The number of rotatable bonds is 4. The molecule has 6 heteroatoms. The third-order valence-corrected chi connectivity index (χ3v) is 3.34. The number of carbonyl (C=O) groups is 2. The Bertz CT molecular complexity index is 278. The van der Waals surface area contributed by atoms with Crippen LogP contribution in [-0.2, 0) is 9.59 Å². The highest BCUT2D eigenvalue weighted by molar-refractivity contribution is 5.91. The standard InChI is InChI=1S/C11H21N3O2.ClH/c1-8(7-12)9(15)14-11(10(13)16)5-3-2-4-6-11;/h8H,2-7,12H2,1H3,(H2,13,16)(H,14,15);1H. The van der Waals surface area contributed by atoms with Crippen LogP contribution in [0.3, 0.4) is 0 Å². The van der Waals surface area contributed by atoms with Crippen LogP contribution in [0.1, 0.15) is 39.0 Å². The van der Waals surface area contributed by atoms with E-state index in [0.29, 0.717) is 12.8 Å². The van der Waals surface area contributed by atoms with Crippen molar-refractivity contribution in [1.29, 1.82) is 0 Å². The molecule has 0 bridgehead atoms. The number of hydrogen-bond donors (Lipinski definition) is 3. The Morgan fingerprint density at radius 1 is 1.29 bits per heavy atom. The maximum absolute atomic E-state index is 11.8. The minimum atomic E-state index is -0.835. The SMILES string of the molecule is CC(CN)C(=O)NC1(C(N)=O)CCCCC1.Cl. The van der Waals surface area contributed by atoms with Crippen molar-refractivity contribution < 1.29 is 9.59 Å². The van der Waals surface area contributed by atoms with Gasteiger partial charge in [0.15, 0.2) is 0 Å². The average molecular weight is 264 g/mol. The van der Waals surface area contributed by atoms with Gasteiger partial charge in [-0.3, -0.25) is 9.59 Å². The normalized spacial score (nSPS) is 19.9. The van der Waals surface area contributed by atoms with Crippen molar-refractivity contribution >= 4 is 24.2 Å². The second kappa shape index (κ2) is 6.81. The summed E-state index contributed by atoms with van der Waals surface area (Å²) in [5.41, 5.74) is 9.99. The lowest BCUT2D eigenvalue weighted by molar-refractivity contribution is -0.134. The van der Waals surface area contributed by atoms with E-state index in [-0.39, 0.29) is 30.8 Å². The van der Waals surface area contributed by atoms with Gasteiger partial charge < -0.3 is 16.8 Å². The van der Waals surface area contributed by atoms with Gasteiger partial charge in [0.1, 0.15) is 5.54 Å². The minimum Gasteiger partial charge on any atom is -0.368 e. The Morgan fingerprint density at radius 3 is 2.24 bits per heavy atom. The Hall–Kier alpha value is -0.810. The molecule has 5 nitrogen and oxygen atoms in total. The zero-order valence-electron chi connectivity index (χ0n) is 10.2. The predicted octanol–water partition coefficient (Wildman–Crippen LogP) is 0.307. The third kappa shape index (κ3) is 3.85. The number of halogens is 1. The van der Waals surface area contributed by atoms with E-state index in [1.54, 1.807) is 6.92 Å². The Labute approximate surface area is 108 Å². The second-order valence-corrected chi connectivity index (χ2v) is 4.63. The lowest BCUT2D eigenvalue weighted by atomic mass is 9.80. The summed E-state index contributed by atoms with van der Waals surface area (Å²) in [4.78, 5) is 23.3. The number of nitrogens with two attached hydrogens (primary N) is 2. The lowest BCUT2D eigenvalue weighted by Gasteiger charge is -2.35. The molecule has 100 valence electrons. The first kappa shape index (κ1) is 16.2. The summed E-state index contributed by atoms with van der Waals surface area (Å²) in [5, 5.41) is 2.79. The molecule has 0 heterocycles. The molecule has 0 spiro atoms. The van der Waals surface area contributed by atoms with Gasteiger partial charge >= 0.3 is 0 Å². The zero-order valence-corrected chi connectivity index (χ0v) is 11.0. The van der Waals surface area contributed by atoms with Gasteiger partial charge in [-0.15, -0.1) is 12.4 Å². The van der Waals surface area contributed by atoms with E-state index < -0.39 is 11.4 Å². The van der Waals surface area contributed by atoms with E-state index in [0.717, 1.165) is 19.3 Å². The fourth-order valence-electron chi connectivity index (χ4n) is 2.05. The molecule has 2 amide bonds. The number of amides is 2. The summed E-state index contributed by atoms with van der Waals surface area (Å²) in [7, 11) is 0. The first-order chi connectivity index (χ1) is 7.52. The summed E-state index contributed by atoms with van der Waals surface area (Å²) < 4.78 is 0. The molecule has 0 saturated heterocycles. The summed E-state index contributed by atoms with van der Waals surface area (Å²) >= 11 is 0. The van der Waals surface area contributed by atoms with Crippen LogP contribution in [-0.4, -0.2) is 23.9 Å². The summed E-state index contributed by atoms with van der Waals surface area (Å²) in [6, 6.07) is 0. The van der Waals surface area contributed by atoms with Gasteiger partial charge in [0.25, 0.3) is 0 Å². The van der Waals surface area contributed by atoms with Gasteiger partial charge in [0.05, 0.1) is 0 Å². The van der Waals surface area contributed by atoms with Crippen LogP contribution in [0.25, 0.3) is 0 Å². The van der Waals surface area contributed by atoms with Crippen molar-refractivity contribution in [3.05, 3.63) is 0 Å². The Balaban J connectivity index is 0.00000256. The quantitative estimate of drug-likeness (QED) is 0.681. The number of nitrogens with one attached hydrogen (secondary N) is 1. The molecule has 1 saturated carbocycles. The van der Waals surface area contributed by atoms with Gasteiger partial charge in [0, 0.05) is 12.5 Å². The summed E-state index contributed by atoms with van der Waals surface area (Å²) in [6.07, 6.45) is 4.24. The fraction of sp³-hybridized carbons (Fsp3) is 0.818. The molecule has 0 aliphatic heterocycles. The number of hydrogen-bond acceptors (Lipinski definition) is 3. The molecule has 0 radical (unpaired) electrons. The monoisotopic (exact) mass is 263 g/mol. The smallest absolute Gasteiger partial charge is 0.243 e. The Kier molecular flexibility index (Phi) is 6.49. The molecule has 1 aliphatic carbocycles. The van der Waals surface area contributed by atoms with Gasteiger partial charge in [-0.05, 0) is 12.8 Å². The minimum absolute atomic E-state index is 0. The maximum atomic E-state index is 11.8. The molecule has 0 aromatic heterocycles. The van der Waals surface area contributed by atoms with Gasteiger partial charge in [0.2, 0.25) is 11.8 Å². The van der Waals surface area contributed by atoms with E-state index in [9.17, 15) is 9.59 Å². The molecule has 1 rings (SSSR count). The van der Waals surface area contributed by atoms with Crippen molar-refractivity contribution in [3.8, 4) is 0 Å². The highest BCUT2D eigenvalue weighted by Gasteiger charge is 2.39. The molecule has 5 N–H and O–H groups in total. The van der Waals surface area contributed by atoms with Crippen molar-refractivity contribution in [1.82, 2.24) is 5.32 Å². The first-order valence-electron chi connectivity index (χ1n) is 5.84. The first-order valence-corrected chi connectivity index (χ1v) is 5.84. The fourth-order valence-corrected chi connectivity index (χ4v) is 2.05. The van der Waals surface area contributed by atoms with Gasteiger partial charge in [-0.25, -0.2) is 0 Å². The van der Waals surface area contributed by atoms with Crippen molar-refractivity contribution in [2.45, 2.75) is 44.6 Å². The van der Waals surface area contributed by atoms with Crippen molar-refractivity contribution in [2.24, 2.45) is 17.4 Å². The highest BCUT2D eigenvalue weighted by atomic mass is 35.5. The van der Waals surface area contributed by atoms with E-state index in [1.165, 1.54) is 0 Å².